The van der Waals surface area contributed by atoms with Gasteiger partial charge in [0.25, 0.3) is 0 Å². The number of hydrogen-bond donors (Lipinski definition) is 3. The Labute approximate surface area is 205 Å². The predicted molar refractivity (Wildman–Crippen MR) is 138 cm³/mol. The van der Waals surface area contributed by atoms with Crippen molar-refractivity contribution in [1.82, 2.24) is 15.3 Å². The van der Waals surface area contributed by atoms with E-state index in [2.05, 4.69) is 59.0 Å². The summed E-state index contributed by atoms with van der Waals surface area (Å²) in [6, 6.07) is 4.49. The third kappa shape index (κ3) is 5.46. The number of carbonyl (C=O) groups excluding carboxylic acids is 1. The Bertz CT molecular complexity index is 1050. The van der Waals surface area contributed by atoms with E-state index in [0.717, 1.165) is 60.4 Å². The highest BCUT2D eigenvalue weighted by Crippen LogP contribution is 2.41. The first-order valence-corrected chi connectivity index (χ1v) is 13.4. The van der Waals surface area contributed by atoms with Gasteiger partial charge in [0.1, 0.15) is 12.0 Å². The monoisotopic (exact) mass is 484 g/mol. The van der Waals surface area contributed by atoms with Crippen LogP contribution in [-0.4, -0.2) is 53.6 Å². The maximum atomic E-state index is 12.0. The van der Waals surface area contributed by atoms with Gasteiger partial charge in [-0.2, -0.15) is 5.10 Å². The fraction of sp³-hybridized carbons (Fsp3) is 0.640. The number of fused-ring (bicyclic) bond motifs is 1. The number of amides is 1. The minimum Gasteiger partial charge on any atom is -0.382 e. The molecule has 2 aromatic heterocycles. The summed E-state index contributed by atoms with van der Waals surface area (Å²) < 4.78 is 7.17. The molecule has 9 heteroatoms. The van der Waals surface area contributed by atoms with Crippen LogP contribution in [0.5, 0.6) is 0 Å². The Morgan fingerprint density at radius 3 is 2.79 bits per heavy atom. The fourth-order valence-electron chi connectivity index (χ4n) is 4.54. The topological polar surface area (TPSA) is 90.9 Å². The van der Waals surface area contributed by atoms with Crippen molar-refractivity contribution in [2.75, 3.05) is 30.3 Å². The van der Waals surface area contributed by atoms with Crippen LogP contribution in [0.4, 0.5) is 11.5 Å². The lowest BCUT2D eigenvalue weighted by atomic mass is 10.1. The van der Waals surface area contributed by atoms with Crippen LogP contribution in [0.15, 0.2) is 17.2 Å². The number of hydrogen-bond acceptors (Lipinski definition) is 8. The summed E-state index contributed by atoms with van der Waals surface area (Å²) in [7, 11) is 0. The number of aromatic nitrogens is 1. The highest BCUT2D eigenvalue weighted by atomic mass is 32.1. The minimum atomic E-state index is -0.0938. The van der Waals surface area contributed by atoms with Crippen LogP contribution >= 0.6 is 11.3 Å². The van der Waals surface area contributed by atoms with E-state index in [0.29, 0.717) is 13.1 Å². The first-order valence-electron chi connectivity index (χ1n) is 12.5. The Balaban J connectivity index is 1.37. The molecule has 4 heterocycles. The number of nitrogens with one attached hydrogen (secondary N) is 3. The molecule has 5 rings (SSSR count). The molecule has 0 aromatic carbocycles. The summed E-state index contributed by atoms with van der Waals surface area (Å²) in [6.45, 7) is 8.50. The molecule has 8 nitrogen and oxygen atoms in total. The normalized spacial score (nSPS) is 22.9. The summed E-state index contributed by atoms with van der Waals surface area (Å²) in [5.41, 5.74) is 1.94. The van der Waals surface area contributed by atoms with Crippen molar-refractivity contribution in [3.8, 4) is 0 Å². The molecule has 3 N–H and O–H groups in total. The molecule has 1 amide bonds. The number of hydrazone groups is 1. The lowest BCUT2D eigenvalue weighted by Crippen LogP contribution is -2.36. The molecule has 2 unspecified atom stereocenters. The molecule has 2 atom stereocenters. The number of ether oxygens (including phenoxy) is 1. The van der Waals surface area contributed by atoms with Crippen molar-refractivity contribution in [1.29, 1.82) is 0 Å². The van der Waals surface area contributed by atoms with E-state index in [1.54, 1.807) is 11.3 Å². The molecule has 1 aliphatic carbocycles. The zero-order valence-electron chi connectivity index (χ0n) is 20.4. The summed E-state index contributed by atoms with van der Waals surface area (Å²) in [5.74, 6) is 1.27. The average Bonchev–Trinajstić information content (AvgIpc) is 3.38. The molecule has 0 bridgehead atoms. The van der Waals surface area contributed by atoms with Gasteiger partial charge in [-0.05, 0) is 58.9 Å². The van der Waals surface area contributed by atoms with Gasteiger partial charge < -0.3 is 20.7 Å². The van der Waals surface area contributed by atoms with Crippen molar-refractivity contribution in [2.45, 2.75) is 77.1 Å². The third-order valence-corrected chi connectivity index (χ3v) is 7.59. The van der Waals surface area contributed by atoms with Gasteiger partial charge in [0.2, 0.25) is 5.91 Å². The molecular weight excluding hydrogens is 448 g/mol. The van der Waals surface area contributed by atoms with Crippen LogP contribution in [-0.2, 0) is 9.53 Å². The number of anilines is 2. The van der Waals surface area contributed by atoms with E-state index in [1.807, 2.05) is 6.21 Å². The van der Waals surface area contributed by atoms with Crippen molar-refractivity contribution in [3.05, 3.63) is 17.0 Å². The highest BCUT2D eigenvalue weighted by Gasteiger charge is 2.32. The average molecular weight is 485 g/mol. The van der Waals surface area contributed by atoms with Gasteiger partial charge in [-0.3, -0.25) is 9.80 Å². The first kappa shape index (κ1) is 23.4. The van der Waals surface area contributed by atoms with Crippen molar-refractivity contribution in [2.24, 2.45) is 11.0 Å². The molecule has 1 saturated heterocycles. The summed E-state index contributed by atoms with van der Waals surface area (Å²) in [6.07, 6.45) is 8.34. The van der Waals surface area contributed by atoms with E-state index in [-0.39, 0.29) is 29.6 Å². The summed E-state index contributed by atoms with van der Waals surface area (Å²) in [4.78, 5) is 18.2. The van der Waals surface area contributed by atoms with Crippen molar-refractivity contribution >= 4 is 45.2 Å². The second kappa shape index (κ2) is 9.70. The largest absolute Gasteiger partial charge is 0.382 e. The SMILES string of the molecule is CC(C)(C)Nc1cc(NCCNC(=O)C2CC2)c2sc(C3CC=NN3C3CCCCO3)cc2n1. The Kier molecular flexibility index (Phi) is 6.66. The molecule has 184 valence electrons. The van der Waals surface area contributed by atoms with E-state index in [4.69, 9.17) is 9.72 Å². The van der Waals surface area contributed by atoms with Gasteiger partial charge in [0, 0.05) is 54.7 Å². The summed E-state index contributed by atoms with van der Waals surface area (Å²) >= 11 is 1.78. The van der Waals surface area contributed by atoms with Gasteiger partial charge >= 0.3 is 0 Å². The zero-order chi connectivity index (χ0) is 23.7. The van der Waals surface area contributed by atoms with Crippen LogP contribution in [0.25, 0.3) is 10.2 Å². The molecule has 0 spiro atoms. The number of carbonyl (C=O) groups is 1. The smallest absolute Gasteiger partial charge is 0.223 e. The van der Waals surface area contributed by atoms with Gasteiger partial charge in [-0.1, -0.05) is 0 Å². The number of rotatable bonds is 8. The van der Waals surface area contributed by atoms with Crippen LogP contribution in [0, 0.1) is 5.92 Å². The van der Waals surface area contributed by atoms with Crippen LogP contribution < -0.4 is 16.0 Å². The molecule has 34 heavy (non-hydrogen) atoms. The molecule has 2 aliphatic heterocycles. The van der Waals surface area contributed by atoms with Gasteiger partial charge in [-0.15, -0.1) is 11.3 Å². The zero-order valence-corrected chi connectivity index (χ0v) is 21.2. The van der Waals surface area contributed by atoms with E-state index in [9.17, 15) is 4.79 Å². The maximum Gasteiger partial charge on any atom is 0.223 e. The van der Waals surface area contributed by atoms with E-state index in [1.165, 1.54) is 11.3 Å². The van der Waals surface area contributed by atoms with Crippen LogP contribution in [0.2, 0.25) is 0 Å². The molecule has 2 aromatic rings. The number of nitrogens with zero attached hydrogens (tertiary/aromatic N) is 3. The van der Waals surface area contributed by atoms with E-state index >= 15 is 0 Å². The predicted octanol–water partition coefficient (Wildman–Crippen LogP) is 4.70. The van der Waals surface area contributed by atoms with Crippen LogP contribution in [0.3, 0.4) is 0 Å². The van der Waals surface area contributed by atoms with Crippen molar-refractivity contribution in [3.63, 3.8) is 0 Å². The highest BCUT2D eigenvalue weighted by molar-refractivity contribution is 7.19. The lowest BCUT2D eigenvalue weighted by molar-refractivity contribution is -0.122. The minimum absolute atomic E-state index is 0.0569. The Morgan fingerprint density at radius 2 is 2.06 bits per heavy atom. The third-order valence-electron chi connectivity index (χ3n) is 6.33. The lowest BCUT2D eigenvalue weighted by Gasteiger charge is -2.33. The first-order chi connectivity index (χ1) is 16.4. The maximum absolute atomic E-state index is 12.0. The number of thiophene rings is 1. The Hall–Kier alpha value is -2.39. The number of pyridine rings is 1. The van der Waals surface area contributed by atoms with Gasteiger partial charge in [0.05, 0.1) is 21.9 Å². The quantitative estimate of drug-likeness (QED) is 0.471. The van der Waals surface area contributed by atoms with Gasteiger partial charge in [0.15, 0.2) is 0 Å². The fourth-order valence-corrected chi connectivity index (χ4v) is 5.74. The molecular formula is C25H36N6O2S. The molecule has 2 fully saturated rings. The van der Waals surface area contributed by atoms with Gasteiger partial charge in [-0.25, -0.2) is 4.98 Å². The summed E-state index contributed by atoms with van der Waals surface area (Å²) in [5, 5.41) is 16.9. The molecule has 0 radical (unpaired) electrons. The van der Waals surface area contributed by atoms with Crippen molar-refractivity contribution < 1.29 is 9.53 Å². The second-order valence-corrected chi connectivity index (χ2v) is 11.6. The molecule has 1 saturated carbocycles. The standard InChI is InChI=1S/C25H36N6O2S/c1-25(2,3)30-21-15-17(26-11-12-27-24(32)16-7-8-16)23-18(29-21)14-20(34-23)19-9-10-28-31(19)22-6-4-5-13-33-22/h10,14-16,19,22H,4-9,11-13H2,1-3H3,(H,27,32)(H2,26,29,30). The van der Waals surface area contributed by atoms with Crippen LogP contribution in [0.1, 0.15) is 70.2 Å². The molecule has 3 aliphatic rings. The van der Waals surface area contributed by atoms with E-state index < -0.39 is 0 Å². The Morgan fingerprint density at radius 1 is 1.21 bits per heavy atom. The second-order valence-electron chi connectivity index (χ2n) is 10.5.